The summed E-state index contributed by atoms with van der Waals surface area (Å²) in [6.45, 7) is 2.29. The molecule has 0 unspecified atom stereocenters. The third-order valence-corrected chi connectivity index (χ3v) is 5.18. The van der Waals surface area contributed by atoms with Crippen LogP contribution in [0.2, 0.25) is 0 Å². The molecule has 0 aromatic heterocycles. The van der Waals surface area contributed by atoms with Crippen molar-refractivity contribution in [1.29, 1.82) is 0 Å². The molecule has 23 heavy (non-hydrogen) atoms. The molecule has 1 saturated heterocycles. The summed E-state index contributed by atoms with van der Waals surface area (Å²) < 4.78 is 0. The summed E-state index contributed by atoms with van der Waals surface area (Å²) in [4.78, 5) is 0. The molecular weight excluding hydrogens is 278 g/mol. The summed E-state index contributed by atoms with van der Waals surface area (Å²) in [5, 5.41) is 3.97. The second-order valence-corrected chi connectivity index (χ2v) is 6.92. The molecule has 2 aromatic rings. The quantitative estimate of drug-likeness (QED) is 0.740. The SMILES string of the molecule is CCCC[C@@H]1CC[C@H](Cc2ccccc2)[C@@H](c2ccccc2)N1. The number of nitrogens with one attached hydrogen (secondary N) is 1. The van der Waals surface area contributed by atoms with E-state index in [9.17, 15) is 0 Å². The van der Waals surface area contributed by atoms with Crippen LogP contribution in [-0.4, -0.2) is 6.04 Å². The van der Waals surface area contributed by atoms with Crippen molar-refractivity contribution < 1.29 is 0 Å². The molecule has 1 aliphatic rings. The van der Waals surface area contributed by atoms with E-state index in [-0.39, 0.29) is 0 Å². The second-order valence-electron chi connectivity index (χ2n) is 6.92. The van der Waals surface area contributed by atoms with Gasteiger partial charge in [-0.25, -0.2) is 0 Å². The van der Waals surface area contributed by atoms with E-state index in [0.29, 0.717) is 18.0 Å². The fourth-order valence-corrected chi connectivity index (χ4v) is 3.90. The van der Waals surface area contributed by atoms with Gasteiger partial charge in [-0.05, 0) is 42.7 Å². The van der Waals surface area contributed by atoms with Crippen LogP contribution >= 0.6 is 0 Å². The molecule has 1 N–H and O–H groups in total. The Labute approximate surface area is 141 Å². The van der Waals surface area contributed by atoms with Crippen molar-refractivity contribution >= 4 is 0 Å². The zero-order valence-corrected chi connectivity index (χ0v) is 14.2. The minimum Gasteiger partial charge on any atom is -0.307 e. The summed E-state index contributed by atoms with van der Waals surface area (Å²) in [7, 11) is 0. The van der Waals surface area contributed by atoms with Crippen LogP contribution in [0, 0.1) is 5.92 Å². The Morgan fingerprint density at radius 1 is 0.913 bits per heavy atom. The standard InChI is InChI=1S/C22H29N/c1-2-3-14-21-16-15-20(17-18-10-6-4-7-11-18)22(23-21)19-12-8-5-9-13-19/h4-13,20-23H,2-3,14-17H2,1H3/t20-,21-,22-/m1/s1. The monoisotopic (exact) mass is 307 g/mol. The molecule has 0 spiro atoms. The van der Waals surface area contributed by atoms with Crippen LogP contribution in [0.25, 0.3) is 0 Å². The van der Waals surface area contributed by atoms with Crippen LogP contribution in [-0.2, 0) is 6.42 Å². The van der Waals surface area contributed by atoms with Crippen LogP contribution in [0.5, 0.6) is 0 Å². The van der Waals surface area contributed by atoms with E-state index in [0.717, 1.165) is 0 Å². The minimum absolute atomic E-state index is 0.493. The highest BCUT2D eigenvalue weighted by Crippen LogP contribution is 2.35. The van der Waals surface area contributed by atoms with E-state index in [4.69, 9.17) is 0 Å². The molecular formula is C22H29N. The van der Waals surface area contributed by atoms with Crippen molar-refractivity contribution in [3.8, 4) is 0 Å². The average Bonchev–Trinajstić information content (AvgIpc) is 2.62. The highest BCUT2D eigenvalue weighted by Gasteiger charge is 2.30. The van der Waals surface area contributed by atoms with E-state index in [2.05, 4.69) is 72.9 Å². The van der Waals surface area contributed by atoms with Gasteiger partial charge in [0.05, 0.1) is 0 Å². The lowest BCUT2D eigenvalue weighted by molar-refractivity contribution is 0.221. The fraction of sp³-hybridized carbons (Fsp3) is 0.455. The van der Waals surface area contributed by atoms with Gasteiger partial charge in [-0.15, -0.1) is 0 Å². The Morgan fingerprint density at radius 2 is 1.61 bits per heavy atom. The third-order valence-electron chi connectivity index (χ3n) is 5.18. The molecule has 1 heterocycles. The summed E-state index contributed by atoms with van der Waals surface area (Å²) in [6.07, 6.45) is 7.77. The van der Waals surface area contributed by atoms with Gasteiger partial charge in [0.25, 0.3) is 0 Å². The molecule has 0 saturated carbocycles. The van der Waals surface area contributed by atoms with E-state index in [1.807, 2.05) is 0 Å². The largest absolute Gasteiger partial charge is 0.307 e. The van der Waals surface area contributed by atoms with Crippen LogP contribution in [0.4, 0.5) is 0 Å². The van der Waals surface area contributed by atoms with Crippen molar-refractivity contribution in [3.63, 3.8) is 0 Å². The van der Waals surface area contributed by atoms with Crippen molar-refractivity contribution in [2.75, 3.05) is 0 Å². The molecule has 1 aliphatic heterocycles. The first-order chi connectivity index (χ1) is 11.4. The maximum Gasteiger partial charge on any atom is 0.0354 e. The first kappa shape index (κ1) is 16.3. The van der Waals surface area contributed by atoms with Gasteiger partial charge in [-0.2, -0.15) is 0 Å². The molecule has 1 fully saturated rings. The average molecular weight is 307 g/mol. The smallest absolute Gasteiger partial charge is 0.0354 e. The summed E-state index contributed by atoms with van der Waals surface area (Å²) in [5.74, 6) is 0.692. The van der Waals surface area contributed by atoms with E-state index >= 15 is 0 Å². The zero-order valence-electron chi connectivity index (χ0n) is 14.2. The van der Waals surface area contributed by atoms with Crippen molar-refractivity contribution in [1.82, 2.24) is 5.32 Å². The van der Waals surface area contributed by atoms with Crippen molar-refractivity contribution in [2.45, 2.75) is 57.5 Å². The van der Waals surface area contributed by atoms with Crippen molar-refractivity contribution in [2.24, 2.45) is 5.92 Å². The Balaban J connectivity index is 1.74. The molecule has 0 aliphatic carbocycles. The molecule has 0 radical (unpaired) electrons. The van der Waals surface area contributed by atoms with Gasteiger partial charge in [0.15, 0.2) is 0 Å². The number of hydrogen-bond donors (Lipinski definition) is 1. The lowest BCUT2D eigenvalue weighted by atomic mass is 9.79. The Kier molecular flexibility index (Phi) is 5.87. The van der Waals surface area contributed by atoms with Gasteiger partial charge in [-0.3, -0.25) is 0 Å². The first-order valence-electron chi connectivity index (χ1n) is 9.21. The van der Waals surface area contributed by atoms with Crippen LogP contribution in [0.15, 0.2) is 60.7 Å². The normalized spacial score (nSPS) is 24.5. The topological polar surface area (TPSA) is 12.0 Å². The summed E-state index contributed by atoms with van der Waals surface area (Å²) in [6, 6.07) is 23.2. The van der Waals surface area contributed by atoms with E-state index in [1.165, 1.54) is 49.7 Å². The van der Waals surface area contributed by atoms with Crippen LogP contribution in [0.1, 0.15) is 56.2 Å². The fourth-order valence-electron chi connectivity index (χ4n) is 3.90. The maximum atomic E-state index is 3.97. The highest BCUT2D eigenvalue weighted by molar-refractivity contribution is 5.23. The predicted octanol–water partition coefficient (Wildman–Crippen LogP) is 5.53. The highest BCUT2D eigenvalue weighted by atomic mass is 15.0. The summed E-state index contributed by atoms with van der Waals surface area (Å²) >= 11 is 0. The molecule has 1 nitrogen and oxygen atoms in total. The number of rotatable bonds is 6. The van der Waals surface area contributed by atoms with Gasteiger partial charge in [-0.1, -0.05) is 80.4 Å². The second kappa shape index (κ2) is 8.31. The zero-order chi connectivity index (χ0) is 15.9. The molecule has 1 heteroatoms. The Bertz CT molecular complexity index is 563. The van der Waals surface area contributed by atoms with Gasteiger partial charge in [0.2, 0.25) is 0 Å². The minimum atomic E-state index is 0.493. The van der Waals surface area contributed by atoms with Gasteiger partial charge < -0.3 is 5.32 Å². The predicted molar refractivity (Wildman–Crippen MR) is 98.5 cm³/mol. The molecule has 3 rings (SSSR count). The van der Waals surface area contributed by atoms with E-state index in [1.54, 1.807) is 0 Å². The maximum absolute atomic E-state index is 3.97. The lowest BCUT2D eigenvalue weighted by Crippen LogP contribution is -2.42. The van der Waals surface area contributed by atoms with Gasteiger partial charge in [0, 0.05) is 12.1 Å². The van der Waals surface area contributed by atoms with Crippen LogP contribution < -0.4 is 5.32 Å². The van der Waals surface area contributed by atoms with Crippen molar-refractivity contribution in [3.05, 3.63) is 71.8 Å². The van der Waals surface area contributed by atoms with Gasteiger partial charge >= 0.3 is 0 Å². The molecule has 0 bridgehead atoms. The number of hydrogen-bond acceptors (Lipinski definition) is 1. The molecule has 122 valence electrons. The summed E-state index contributed by atoms with van der Waals surface area (Å²) in [5.41, 5.74) is 2.92. The van der Waals surface area contributed by atoms with Crippen LogP contribution in [0.3, 0.4) is 0 Å². The first-order valence-corrected chi connectivity index (χ1v) is 9.21. The molecule has 3 atom stereocenters. The lowest BCUT2D eigenvalue weighted by Gasteiger charge is -2.38. The Hall–Kier alpha value is -1.60. The Morgan fingerprint density at radius 3 is 2.30 bits per heavy atom. The number of benzene rings is 2. The van der Waals surface area contributed by atoms with Gasteiger partial charge in [0.1, 0.15) is 0 Å². The van der Waals surface area contributed by atoms with E-state index < -0.39 is 0 Å². The molecule has 0 amide bonds. The molecule has 2 aromatic carbocycles. The number of unbranched alkanes of at least 4 members (excludes halogenated alkanes) is 1. The number of piperidine rings is 1. The third kappa shape index (κ3) is 4.45.